The minimum atomic E-state index is -1.10. The lowest BCUT2D eigenvalue weighted by Crippen LogP contribution is -2.30. The van der Waals surface area contributed by atoms with Crippen LogP contribution in [0.15, 0.2) is 23.0 Å². The lowest BCUT2D eigenvalue weighted by Gasteiger charge is -2.20. The molecule has 8 nitrogen and oxygen atoms in total. The van der Waals surface area contributed by atoms with Crippen molar-refractivity contribution in [3.8, 4) is 0 Å². The first-order valence-corrected chi connectivity index (χ1v) is 6.30. The van der Waals surface area contributed by atoms with Gasteiger partial charge in [-0.15, -0.1) is 0 Å². The van der Waals surface area contributed by atoms with Gasteiger partial charge in [0.25, 0.3) is 0 Å². The van der Waals surface area contributed by atoms with Crippen LogP contribution in [0.2, 0.25) is 0 Å². The van der Waals surface area contributed by atoms with Crippen molar-refractivity contribution in [1.29, 1.82) is 0 Å². The highest BCUT2D eigenvalue weighted by Gasteiger charge is 2.37. The average molecular weight is 280 g/mol. The van der Waals surface area contributed by atoms with Crippen molar-refractivity contribution in [1.82, 2.24) is 9.55 Å². The third kappa shape index (κ3) is 1.93. The molecule has 1 aliphatic carbocycles. The number of aliphatic hydroxyl groups excluding tert-OH is 4. The van der Waals surface area contributed by atoms with Crippen molar-refractivity contribution in [2.24, 2.45) is 4.99 Å². The summed E-state index contributed by atoms with van der Waals surface area (Å²) in [6.45, 7) is -0.103. The van der Waals surface area contributed by atoms with E-state index in [4.69, 9.17) is 5.11 Å². The van der Waals surface area contributed by atoms with Crippen molar-refractivity contribution in [2.75, 3.05) is 18.5 Å². The lowest BCUT2D eigenvalue weighted by atomic mass is 10.1. The number of nitrogens with one attached hydrogen (secondary N) is 1. The first-order valence-electron chi connectivity index (χ1n) is 6.30. The molecule has 0 aromatic carbocycles. The Labute approximate surface area is 114 Å². The van der Waals surface area contributed by atoms with Gasteiger partial charge in [0.2, 0.25) is 0 Å². The molecule has 1 aromatic heterocycles. The van der Waals surface area contributed by atoms with Gasteiger partial charge in [0.05, 0.1) is 31.9 Å². The number of hydrogen-bond acceptors (Lipinski definition) is 7. The zero-order valence-corrected chi connectivity index (χ0v) is 10.6. The summed E-state index contributed by atoms with van der Waals surface area (Å²) < 4.78 is 1.62. The minimum Gasteiger partial charge on any atom is -0.392 e. The Bertz CT molecular complexity index is 568. The average Bonchev–Trinajstić information content (AvgIpc) is 2.92. The molecular weight excluding hydrogens is 264 g/mol. The van der Waals surface area contributed by atoms with E-state index >= 15 is 0 Å². The van der Waals surface area contributed by atoms with Gasteiger partial charge in [-0.2, -0.15) is 0 Å². The van der Waals surface area contributed by atoms with E-state index in [-0.39, 0.29) is 13.2 Å². The molecule has 8 heteroatoms. The molecule has 5 N–H and O–H groups in total. The highest BCUT2D eigenvalue weighted by atomic mass is 16.3. The van der Waals surface area contributed by atoms with Crippen molar-refractivity contribution >= 4 is 12.2 Å². The number of rotatable bonds is 2. The van der Waals surface area contributed by atoms with Crippen molar-refractivity contribution in [3.05, 3.63) is 23.7 Å². The highest BCUT2D eigenvalue weighted by Crippen LogP contribution is 2.34. The molecule has 4 atom stereocenters. The molecule has 0 radical (unpaired) electrons. The van der Waals surface area contributed by atoms with Crippen LogP contribution in [-0.4, -0.2) is 61.7 Å². The molecule has 0 amide bonds. The van der Waals surface area contributed by atoms with Crippen molar-refractivity contribution in [2.45, 2.75) is 24.4 Å². The predicted octanol–water partition coefficient (Wildman–Crippen LogP) is -1.43. The number of fused-ring (bicyclic) bond motifs is 1. The number of aromatic nitrogens is 2. The summed E-state index contributed by atoms with van der Waals surface area (Å²) in [6.07, 6.45) is 1.55. The maximum Gasteiger partial charge on any atom is 0.137 e. The quantitative estimate of drug-likeness (QED) is 0.423. The third-order valence-corrected chi connectivity index (χ3v) is 3.65. The molecular formula is C12H16N4O4. The van der Waals surface area contributed by atoms with Crippen molar-refractivity contribution in [3.63, 3.8) is 0 Å². The largest absolute Gasteiger partial charge is 0.392 e. The SMILES string of the molecule is OCC1=C[C@@H](n2cnc3c2NC=NC[C@H]3O)[C@H](O)[C@@H]1O. The van der Waals surface area contributed by atoms with E-state index in [9.17, 15) is 15.3 Å². The Hall–Kier alpha value is -1.74. The van der Waals surface area contributed by atoms with Gasteiger partial charge in [-0.3, -0.25) is 4.99 Å². The van der Waals surface area contributed by atoms with Crippen LogP contribution in [0.25, 0.3) is 0 Å². The first-order chi connectivity index (χ1) is 9.63. The van der Waals surface area contributed by atoms with Crippen LogP contribution in [0, 0.1) is 0 Å². The van der Waals surface area contributed by atoms with E-state index in [2.05, 4.69) is 15.3 Å². The molecule has 20 heavy (non-hydrogen) atoms. The van der Waals surface area contributed by atoms with Crippen LogP contribution in [0.4, 0.5) is 5.82 Å². The predicted molar refractivity (Wildman–Crippen MR) is 70.4 cm³/mol. The fraction of sp³-hybridized carbons (Fsp3) is 0.500. The highest BCUT2D eigenvalue weighted by molar-refractivity contribution is 5.76. The molecule has 0 saturated carbocycles. The van der Waals surface area contributed by atoms with E-state index < -0.39 is 24.4 Å². The van der Waals surface area contributed by atoms with Gasteiger partial charge >= 0.3 is 0 Å². The summed E-state index contributed by atoms with van der Waals surface area (Å²) in [4.78, 5) is 8.10. The maximum atomic E-state index is 10.1. The van der Waals surface area contributed by atoms with Crippen LogP contribution in [-0.2, 0) is 0 Å². The molecule has 0 saturated heterocycles. The van der Waals surface area contributed by atoms with Gasteiger partial charge < -0.3 is 30.3 Å². The monoisotopic (exact) mass is 280 g/mol. The molecule has 2 aliphatic rings. The summed E-state index contributed by atoms with van der Waals surface area (Å²) >= 11 is 0. The summed E-state index contributed by atoms with van der Waals surface area (Å²) in [5.41, 5.74) is 0.808. The van der Waals surface area contributed by atoms with Gasteiger partial charge in [0.15, 0.2) is 0 Å². The van der Waals surface area contributed by atoms with Gasteiger partial charge in [-0.25, -0.2) is 4.98 Å². The second-order valence-electron chi connectivity index (χ2n) is 4.87. The molecule has 1 aliphatic heterocycles. The normalized spacial score (nSPS) is 32.5. The van der Waals surface area contributed by atoms with E-state index in [1.54, 1.807) is 10.6 Å². The second-order valence-corrected chi connectivity index (χ2v) is 4.87. The number of anilines is 1. The first kappa shape index (κ1) is 13.3. The molecule has 3 rings (SSSR count). The smallest absolute Gasteiger partial charge is 0.137 e. The molecule has 0 fully saturated rings. The van der Waals surface area contributed by atoms with E-state index in [1.807, 2.05) is 0 Å². The molecule has 0 unspecified atom stereocenters. The van der Waals surface area contributed by atoms with Crippen LogP contribution < -0.4 is 5.32 Å². The summed E-state index contributed by atoms with van der Waals surface area (Å²) in [5, 5.41) is 41.9. The zero-order chi connectivity index (χ0) is 14.3. The number of aliphatic imine (C=N–C) groups is 1. The van der Waals surface area contributed by atoms with E-state index in [0.717, 1.165) is 0 Å². The molecule has 108 valence electrons. The Morgan fingerprint density at radius 1 is 1.35 bits per heavy atom. The van der Waals surface area contributed by atoms with Crippen LogP contribution in [0.5, 0.6) is 0 Å². The summed E-state index contributed by atoms with van der Waals surface area (Å²) in [6, 6.07) is -0.561. The van der Waals surface area contributed by atoms with E-state index in [1.165, 1.54) is 12.7 Å². The molecule has 2 heterocycles. The Kier molecular flexibility index (Phi) is 3.30. The van der Waals surface area contributed by atoms with Gasteiger partial charge in [0.1, 0.15) is 29.8 Å². The van der Waals surface area contributed by atoms with Crippen molar-refractivity contribution < 1.29 is 20.4 Å². The second kappa shape index (κ2) is 4.98. The summed E-state index contributed by atoms with van der Waals surface area (Å²) in [5.74, 6) is 0.519. The standard InChI is InChI=1S/C12H16N4O4/c17-3-6-1-7(11(20)10(6)19)16-5-15-9-8(18)2-13-4-14-12(9)16/h1,4-5,7-8,10-11,17-20H,2-3H2,(H,13,14)/t7-,8-,10-,11+/m1/s1. The number of hydrogen-bond donors (Lipinski definition) is 5. The third-order valence-electron chi connectivity index (χ3n) is 3.65. The van der Waals surface area contributed by atoms with Gasteiger partial charge in [0, 0.05) is 0 Å². The van der Waals surface area contributed by atoms with Crippen LogP contribution >= 0.6 is 0 Å². The maximum absolute atomic E-state index is 10.1. The zero-order valence-electron chi connectivity index (χ0n) is 10.6. The fourth-order valence-electron chi connectivity index (χ4n) is 2.55. The Morgan fingerprint density at radius 2 is 2.15 bits per heavy atom. The number of aliphatic hydroxyl groups is 4. The Balaban J connectivity index is 2.00. The van der Waals surface area contributed by atoms with Gasteiger partial charge in [-0.05, 0) is 5.57 Å². The fourth-order valence-corrected chi connectivity index (χ4v) is 2.55. The van der Waals surface area contributed by atoms with Crippen LogP contribution in [0.1, 0.15) is 17.8 Å². The Morgan fingerprint density at radius 3 is 2.85 bits per heavy atom. The topological polar surface area (TPSA) is 123 Å². The lowest BCUT2D eigenvalue weighted by molar-refractivity contribution is 0.0284. The van der Waals surface area contributed by atoms with E-state index in [0.29, 0.717) is 17.1 Å². The number of imidazole rings is 1. The molecule has 0 spiro atoms. The number of nitrogens with zero attached hydrogens (tertiary/aromatic N) is 3. The summed E-state index contributed by atoms with van der Waals surface area (Å²) in [7, 11) is 0. The molecule has 0 bridgehead atoms. The minimum absolute atomic E-state index is 0.213. The molecule has 1 aromatic rings. The van der Waals surface area contributed by atoms with Gasteiger partial charge in [-0.1, -0.05) is 6.08 Å². The van der Waals surface area contributed by atoms with Crippen LogP contribution in [0.3, 0.4) is 0 Å².